The highest BCUT2D eigenvalue weighted by Gasteiger charge is 2.11. The van der Waals surface area contributed by atoms with E-state index in [4.69, 9.17) is 13.9 Å². The largest absolute Gasteiger partial charge is 0.497 e. The van der Waals surface area contributed by atoms with Crippen molar-refractivity contribution in [2.45, 2.75) is 6.42 Å². The molecule has 0 unspecified atom stereocenters. The lowest BCUT2D eigenvalue weighted by Crippen LogP contribution is -2.21. The Hall–Kier alpha value is -1.92. The number of benzene rings is 1. The maximum absolute atomic E-state index is 13.9. The Labute approximate surface area is 123 Å². The number of aromatic nitrogens is 1. The van der Waals surface area contributed by atoms with Crippen LogP contribution in [0.25, 0.3) is 11.3 Å². The van der Waals surface area contributed by atoms with E-state index in [1.54, 1.807) is 19.2 Å². The topological polar surface area (TPSA) is 56.5 Å². The van der Waals surface area contributed by atoms with E-state index >= 15 is 0 Å². The van der Waals surface area contributed by atoms with Crippen LogP contribution >= 0.6 is 0 Å². The van der Waals surface area contributed by atoms with Gasteiger partial charge in [-0.1, -0.05) is 0 Å². The molecule has 2 aromatic rings. The number of hydrogen-bond acceptors (Lipinski definition) is 5. The zero-order valence-electron chi connectivity index (χ0n) is 12.2. The summed E-state index contributed by atoms with van der Waals surface area (Å²) in [5, 5.41) is 3.19. The van der Waals surface area contributed by atoms with Crippen LogP contribution in [0.4, 0.5) is 4.39 Å². The molecule has 0 aliphatic rings. The van der Waals surface area contributed by atoms with Crippen LogP contribution in [-0.4, -0.2) is 38.9 Å². The Morgan fingerprint density at radius 1 is 1.29 bits per heavy atom. The second-order valence-corrected chi connectivity index (χ2v) is 4.46. The number of oxazole rings is 1. The predicted molar refractivity (Wildman–Crippen MR) is 76.9 cm³/mol. The number of rotatable bonds is 8. The highest BCUT2D eigenvalue weighted by atomic mass is 19.1. The minimum atomic E-state index is -0.393. The van der Waals surface area contributed by atoms with Gasteiger partial charge in [-0.05, 0) is 12.1 Å². The van der Waals surface area contributed by atoms with Crippen LogP contribution < -0.4 is 10.1 Å². The molecule has 1 aromatic carbocycles. The fraction of sp³-hybridized carbons (Fsp3) is 0.400. The van der Waals surface area contributed by atoms with Gasteiger partial charge in [-0.3, -0.25) is 0 Å². The first kappa shape index (κ1) is 15.5. The van der Waals surface area contributed by atoms with Crippen LogP contribution in [0.15, 0.2) is 28.8 Å². The summed E-state index contributed by atoms with van der Waals surface area (Å²) < 4.78 is 29.4. The molecule has 114 valence electrons. The molecule has 21 heavy (non-hydrogen) atoms. The van der Waals surface area contributed by atoms with Crippen molar-refractivity contribution in [1.82, 2.24) is 10.3 Å². The minimum absolute atomic E-state index is 0.377. The number of nitrogens with one attached hydrogen (secondary N) is 1. The van der Waals surface area contributed by atoms with Crippen LogP contribution in [0.5, 0.6) is 5.75 Å². The van der Waals surface area contributed by atoms with Gasteiger partial charge in [-0.25, -0.2) is 9.37 Å². The highest BCUT2D eigenvalue weighted by Crippen LogP contribution is 2.26. The lowest BCUT2D eigenvalue weighted by Gasteiger charge is -2.03. The Morgan fingerprint density at radius 3 is 2.86 bits per heavy atom. The number of hydrogen-bond donors (Lipinski definition) is 1. The smallest absolute Gasteiger partial charge is 0.196 e. The third-order valence-electron chi connectivity index (χ3n) is 2.99. The van der Waals surface area contributed by atoms with E-state index in [0.29, 0.717) is 36.0 Å². The number of ether oxygens (including phenoxy) is 2. The van der Waals surface area contributed by atoms with Crippen LogP contribution in [0.2, 0.25) is 0 Å². The molecule has 6 heteroatoms. The van der Waals surface area contributed by atoms with Crippen LogP contribution in [-0.2, 0) is 11.2 Å². The van der Waals surface area contributed by atoms with Gasteiger partial charge in [0.2, 0.25) is 0 Å². The molecular formula is C15H19FN2O3. The van der Waals surface area contributed by atoms with Gasteiger partial charge < -0.3 is 19.2 Å². The van der Waals surface area contributed by atoms with Crippen LogP contribution in [0, 0.1) is 5.82 Å². The van der Waals surface area contributed by atoms with Crippen LogP contribution in [0.3, 0.4) is 0 Å². The molecule has 0 atom stereocenters. The first-order valence-electron chi connectivity index (χ1n) is 6.73. The van der Waals surface area contributed by atoms with Crippen molar-refractivity contribution < 1.29 is 18.3 Å². The lowest BCUT2D eigenvalue weighted by atomic mass is 10.1. The maximum Gasteiger partial charge on any atom is 0.196 e. The van der Waals surface area contributed by atoms with Gasteiger partial charge >= 0.3 is 0 Å². The van der Waals surface area contributed by atoms with Crippen molar-refractivity contribution in [1.29, 1.82) is 0 Å². The molecule has 0 saturated carbocycles. The van der Waals surface area contributed by atoms with Gasteiger partial charge in [0.05, 0.1) is 25.5 Å². The van der Waals surface area contributed by atoms with Gasteiger partial charge in [-0.15, -0.1) is 0 Å². The minimum Gasteiger partial charge on any atom is -0.497 e. The SMILES string of the molecule is COCCNCCc1ncc(-c2ccc(OC)cc2F)o1. The summed E-state index contributed by atoms with van der Waals surface area (Å²) in [6, 6.07) is 4.63. The highest BCUT2D eigenvalue weighted by molar-refractivity contribution is 5.58. The number of methoxy groups -OCH3 is 2. The molecule has 0 amide bonds. The van der Waals surface area contributed by atoms with E-state index in [0.717, 1.165) is 13.1 Å². The molecule has 5 nitrogen and oxygen atoms in total. The molecule has 0 spiro atoms. The molecule has 2 rings (SSSR count). The summed E-state index contributed by atoms with van der Waals surface area (Å²) in [5.74, 6) is 1.07. The molecule has 1 N–H and O–H groups in total. The molecular weight excluding hydrogens is 275 g/mol. The normalized spacial score (nSPS) is 10.8. The summed E-state index contributed by atoms with van der Waals surface area (Å²) in [7, 11) is 3.16. The predicted octanol–water partition coefficient (Wildman–Crippen LogP) is 2.27. The monoisotopic (exact) mass is 294 g/mol. The summed E-state index contributed by atoms with van der Waals surface area (Å²) in [5.41, 5.74) is 0.377. The lowest BCUT2D eigenvalue weighted by molar-refractivity contribution is 0.199. The van der Waals surface area contributed by atoms with Crippen molar-refractivity contribution in [3.63, 3.8) is 0 Å². The molecule has 0 aliphatic carbocycles. The summed E-state index contributed by atoms with van der Waals surface area (Å²) in [4.78, 5) is 4.16. The number of nitrogens with zero attached hydrogens (tertiary/aromatic N) is 1. The summed E-state index contributed by atoms with van der Waals surface area (Å²) >= 11 is 0. The third kappa shape index (κ3) is 4.27. The quantitative estimate of drug-likeness (QED) is 0.757. The molecule has 1 heterocycles. The second kappa shape index (κ2) is 7.75. The summed E-state index contributed by atoms with van der Waals surface area (Å²) in [6.45, 7) is 2.17. The molecule has 1 aromatic heterocycles. The average Bonchev–Trinajstić information content (AvgIpc) is 2.95. The van der Waals surface area contributed by atoms with Crippen molar-refractivity contribution in [2.75, 3.05) is 33.9 Å². The van der Waals surface area contributed by atoms with Crippen molar-refractivity contribution in [2.24, 2.45) is 0 Å². The molecule has 0 aliphatic heterocycles. The maximum atomic E-state index is 13.9. The standard InChI is InChI=1S/C15H19FN2O3/c1-19-8-7-17-6-5-15-18-10-14(21-15)12-4-3-11(20-2)9-13(12)16/h3-4,9-10,17H,5-8H2,1-2H3. The van der Waals surface area contributed by atoms with E-state index in [2.05, 4.69) is 10.3 Å². The van der Waals surface area contributed by atoms with Gasteiger partial charge in [0, 0.05) is 32.7 Å². The first-order chi connectivity index (χ1) is 10.2. The van der Waals surface area contributed by atoms with E-state index in [1.807, 2.05) is 0 Å². The molecule has 0 radical (unpaired) electrons. The van der Waals surface area contributed by atoms with Gasteiger partial charge in [0.1, 0.15) is 11.6 Å². The Morgan fingerprint density at radius 2 is 2.14 bits per heavy atom. The number of halogens is 1. The van der Waals surface area contributed by atoms with Crippen molar-refractivity contribution in [3.8, 4) is 17.1 Å². The van der Waals surface area contributed by atoms with Crippen molar-refractivity contribution in [3.05, 3.63) is 36.1 Å². The Bertz CT molecular complexity index is 572. The zero-order valence-corrected chi connectivity index (χ0v) is 12.2. The van der Waals surface area contributed by atoms with E-state index in [9.17, 15) is 4.39 Å². The Balaban J connectivity index is 1.96. The van der Waals surface area contributed by atoms with Crippen LogP contribution in [0.1, 0.15) is 5.89 Å². The fourth-order valence-electron chi connectivity index (χ4n) is 1.87. The van der Waals surface area contributed by atoms with Gasteiger partial charge in [0.25, 0.3) is 0 Å². The van der Waals surface area contributed by atoms with Crippen molar-refractivity contribution >= 4 is 0 Å². The first-order valence-corrected chi connectivity index (χ1v) is 6.73. The third-order valence-corrected chi connectivity index (χ3v) is 2.99. The van der Waals surface area contributed by atoms with Gasteiger partial charge in [-0.2, -0.15) is 0 Å². The van der Waals surface area contributed by atoms with E-state index < -0.39 is 5.82 Å². The average molecular weight is 294 g/mol. The molecule has 0 bridgehead atoms. The molecule has 0 fully saturated rings. The van der Waals surface area contributed by atoms with E-state index in [1.165, 1.54) is 19.4 Å². The van der Waals surface area contributed by atoms with E-state index in [-0.39, 0.29) is 0 Å². The Kier molecular flexibility index (Phi) is 5.71. The zero-order chi connectivity index (χ0) is 15.1. The fourth-order valence-corrected chi connectivity index (χ4v) is 1.87. The molecule has 0 saturated heterocycles. The summed E-state index contributed by atoms with van der Waals surface area (Å²) in [6.07, 6.45) is 2.18. The van der Waals surface area contributed by atoms with Gasteiger partial charge in [0.15, 0.2) is 11.7 Å². The second-order valence-electron chi connectivity index (χ2n) is 4.46.